The van der Waals surface area contributed by atoms with Gasteiger partial charge in [-0.25, -0.2) is 4.98 Å². The smallest absolute Gasteiger partial charge is 0.143 e. The van der Waals surface area contributed by atoms with E-state index in [1.807, 2.05) is 22.9 Å². The molecule has 138 valence electrons. The Labute approximate surface area is 159 Å². The molecule has 2 N–H and O–H groups in total. The van der Waals surface area contributed by atoms with Gasteiger partial charge in [0.25, 0.3) is 0 Å². The van der Waals surface area contributed by atoms with Crippen LogP contribution in [-0.2, 0) is 6.54 Å². The number of ether oxygens (including phenoxy) is 1. The number of fused-ring (bicyclic) bond motifs is 1. The molecule has 0 amide bonds. The van der Waals surface area contributed by atoms with Crippen molar-refractivity contribution in [1.82, 2.24) is 19.9 Å². The minimum absolute atomic E-state index is 0. The lowest BCUT2D eigenvalue weighted by Gasteiger charge is -2.35. The monoisotopic (exact) mass is 386 g/mol. The van der Waals surface area contributed by atoms with Gasteiger partial charge in [-0.3, -0.25) is 4.98 Å². The maximum Gasteiger partial charge on any atom is 0.143 e. The van der Waals surface area contributed by atoms with E-state index in [4.69, 9.17) is 4.74 Å². The van der Waals surface area contributed by atoms with Crippen LogP contribution in [0.2, 0.25) is 0 Å². The molecule has 0 unspecified atom stereocenters. The van der Waals surface area contributed by atoms with E-state index in [-0.39, 0.29) is 30.9 Å². The van der Waals surface area contributed by atoms with Crippen molar-refractivity contribution in [3.63, 3.8) is 0 Å². The van der Waals surface area contributed by atoms with Crippen molar-refractivity contribution in [1.29, 1.82) is 0 Å². The van der Waals surface area contributed by atoms with Gasteiger partial charge < -0.3 is 19.7 Å². The van der Waals surface area contributed by atoms with E-state index in [1.165, 1.54) is 0 Å². The molecule has 1 aliphatic heterocycles. The van der Waals surface area contributed by atoms with E-state index >= 15 is 0 Å². The number of nitrogens with one attached hydrogen (secondary N) is 1. The molecule has 2 aromatic heterocycles. The van der Waals surface area contributed by atoms with Crippen LogP contribution in [0, 0.1) is 11.8 Å². The molecule has 1 aliphatic carbocycles. The fourth-order valence-electron chi connectivity index (χ4n) is 3.75. The van der Waals surface area contributed by atoms with E-state index in [1.54, 1.807) is 18.7 Å². The molecule has 2 aliphatic rings. The zero-order valence-corrected chi connectivity index (χ0v) is 15.5. The highest BCUT2D eigenvalue weighted by Gasteiger charge is 2.40. The van der Waals surface area contributed by atoms with Gasteiger partial charge in [0.05, 0.1) is 19.0 Å². The van der Waals surface area contributed by atoms with Crippen LogP contribution in [0.25, 0.3) is 0 Å². The molecule has 1 saturated carbocycles. The topological polar surface area (TPSA) is 72.2 Å². The third-order valence-corrected chi connectivity index (χ3v) is 5.01. The number of nitrogens with zero attached hydrogens (tertiary/aromatic N) is 3. The summed E-state index contributed by atoms with van der Waals surface area (Å²) in [6, 6.07) is 3.81. The number of aromatic nitrogens is 3. The molecule has 8 heteroatoms. The molecule has 3 heterocycles. The average molecular weight is 387 g/mol. The fourth-order valence-corrected chi connectivity index (χ4v) is 3.75. The summed E-state index contributed by atoms with van der Waals surface area (Å²) in [5, 5.41) is 13.9. The van der Waals surface area contributed by atoms with Gasteiger partial charge in [0.15, 0.2) is 0 Å². The Kier molecular flexibility index (Phi) is 7.07. The van der Waals surface area contributed by atoms with E-state index in [0.29, 0.717) is 18.4 Å². The third-order valence-electron chi connectivity index (χ3n) is 5.01. The molecule has 4 rings (SSSR count). The van der Waals surface area contributed by atoms with Crippen LogP contribution in [0.1, 0.15) is 18.5 Å². The van der Waals surface area contributed by atoms with Gasteiger partial charge >= 0.3 is 0 Å². The lowest BCUT2D eigenvalue weighted by Crippen LogP contribution is -2.42. The predicted octanol–water partition coefficient (Wildman–Crippen LogP) is 1.91. The summed E-state index contributed by atoms with van der Waals surface area (Å²) in [6.07, 6.45) is 8.36. The Morgan fingerprint density at radius 1 is 1.20 bits per heavy atom. The summed E-state index contributed by atoms with van der Waals surface area (Å²) in [6.45, 7) is 2.67. The minimum Gasteiger partial charge on any atom is -0.486 e. The predicted molar refractivity (Wildman–Crippen MR) is 99.6 cm³/mol. The fraction of sp³-hybridized carbons (Fsp3) is 0.529. The maximum absolute atomic E-state index is 10.4. The molecule has 25 heavy (non-hydrogen) atoms. The van der Waals surface area contributed by atoms with Crippen molar-refractivity contribution < 1.29 is 9.84 Å². The lowest BCUT2D eigenvalue weighted by molar-refractivity contribution is -0.0237. The summed E-state index contributed by atoms with van der Waals surface area (Å²) in [7, 11) is 0. The molecule has 1 saturated heterocycles. The number of hydrogen-bond donors (Lipinski definition) is 2. The first kappa shape index (κ1) is 20.0. The molecule has 0 radical (unpaired) electrons. The lowest BCUT2D eigenvalue weighted by atomic mass is 9.78. The van der Waals surface area contributed by atoms with Crippen LogP contribution < -0.4 is 10.1 Å². The molecule has 2 aromatic rings. The first-order valence-corrected chi connectivity index (χ1v) is 8.24. The second-order valence-corrected chi connectivity index (χ2v) is 6.56. The molecular weight excluding hydrogens is 363 g/mol. The highest BCUT2D eigenvalue weighted by Crippen LogP contribution is 2.35. The summed E-state index contributed by atoms with van der Waals surface area (Å²) < 4.78 is 8.14. The van der Waals surface area contributed by atoms with Crippen LogP contribution in [-0.4, -0.2) is 44.9 Å². The standard InChI is InChI=1S/C17H22N4O2.2ClH/c22-15-6-12-8-19-9-13(12)7-17(15)23-16-2-1-3-20-14(16)10-21-5-4-18-11-21;;/h1-5,11-13,15,17,19,22H,6-10H2;2*1H/t12-,13+,15+,17+;;/m0../s1. The number of pyridine rings is 1. The van der Waals surface area contributed by atoms with Crippen molar-refractivity contribution in [3.8, 4) is 5.75 Å². The van der Waals surface area contributed by atoms with Crippen molar-refractivity contribution in [3.05, 3.63) is 42.7 Å². The summed E-state index contributed by atoms with van der Waals surface area (Å²) in [5.41, 5.74) is 0.865. The molecular formula is C17H24Cl2N4O2. The number of halogens is 2. The largest absolute Gasteiger partial charge is 0.486 e. The average Bonchev–Trinajstić information content (AvgIpc) is 3.21. The molecule has 0 aromatic carbocycles. The number of imidazole rings is 1. The molecule has 0 bridgehead atoms. The van der Waals surface area contributed by atoms with E-state index in [9.17, 15) is 5.11 Å². The quantitative estimate of drug-likeness (QED) is 0.839. The third kappa shape index (κ3) is 4.44. The van der Waals surface area contributed by atoms with Gasteiger partial charge in [-0.2, -0.15) is 0 Å². The van der Waals surface area contributed by atoms with Crippen LogP contribution >= 0.6 is 24.8 Å². The van der Waals surface area contributed by atoms with Crippen molar-refractivity contribution in [2.75, 3.05) is 13.1 Å². The van der Waals surface area contributed by atoms with Crippen LogP contribution in [0.15, 0.2) is 37.1 Å². The molecule has 6 nitrogen and oxygen atoms in total. The summed E-state index contributed by atoms with van der Waals surface area (Å²) in [4.78, 5) is 8.50. The second-order valence-electron chi connectivity index (χ2n) is 6.56. The zero-order chi connectivity index (χ0) is 15.6. The van der Waals surface area contributed by atoms with Gasteiger partial charge in [0, 0.05) is 18.6 Å². The number of rotatable bonds is 4. The molecule has 0 spiro atoms. The highest BCUT2D eigenvalue weighted by molar-refractivity contribution is 5.85. The van der Waals surface area contributed by atoms with E-state index < -0.39 is 6.10 Å². The Morgan fingerprint density at radius 2 is 2.00 bits per heavy atom. The van der Waals surface area contributed by atoms with E-state index in [0.717, 1.165) is 37.4 Å². The summed E-state index contributed by atoms with van der Waals surface area (Å²) in [5.74, 6) is 1.95. The van der Waals surface area contributed by atoms with Crippen LogP contribution in [0.4, 0.5) is 0 Å². The highest BCUT2D eigenvalue weighted by atomic mass is 35.5. The normalized spacial score (nSPS) is 27.7. The van der Waals surface area contributed by atoms with Gasteiger partial charge in [-0.05, 0) is 49.9 Å². The van der Waals surface area contributed by atoms with Crippen molar-refractivity contribution in [2.24, 2.45) is 11.8 Å². The first-order chi connectivity index (χ1) is 11.3. The van der Waals surface area contributed by atoms with Crippen LogP contribution in [0.5, 0.6) is 5.75 Å². The molecule has 2 fully saturated rings. The van der Waals surface area contributed by atoms with Gasteiger partial charge in [-0.1, -0.05) is 0 Å². The Morgan fingerprint density at radius 3 is 2.76 bits per heavy atom. The zero-order valence-electron chi connectivity index (χ0n) is 13.8. The second kappa shape index (κ2) is 8.85. The van der Waals surface area contributed by atoms with Crippen molar-refractivity contribution in [2.45, 2.75) is 31.6 Å². The van der Waals surface area contributed by atoms with Crippen LogP contribution in [0.3, 0.4) is 0 Å². The number of hydrogen-bond acceptors (Lipinski definition) is 5. The number of aliphatic hydroxyl groups excluding tert-OH is 1. The van der Waals surface area contributed by atoms with Gasteiger partial charge in [0.2, 0.25) is 0 Å². The van der Waals surface area contributed by atoms with Gasteiger partial charge in [0.1, 0.15) is 17.5 Å². The Bertz CT molecular complexity index is 656. The van der Waals surface area contributed by atoms with Crippen molar-refractivity contribution >= 4 is 24.8 Å². The maximum atomic E-state index is 10.4. The Balaban J connectivity index is 0.00000113. The SMILES string of the molecule is Cl.Cl.O[C@@H]1C[C@H]2CNC[C@H]2C[C@H]1Oc1cccnc1Cn1ccnc1. The summed E-state index contributed by atoms with van der Waals surface area (Å²) >= 11 is 0. The van der Waals surface area contributed by atoms with Gasteiger partial charge in [-0.15, -0.1) is 24.8 Å². The Hall–Kier alpha value is -1.34. The van der Waals surface area contributed by atoms with E-state index in [2.05, 4.69) is 15.3 Å². The minimum atomic E-state index is -0.405. The molecule has 4 atom stereocenters. The first-order valence-electron chi connectivity index (χ1n) is 8.24. The number of aliphatic hydroxyl groups is 1.